The van der Waals surface area contributed by atoms with Gasteiger partial charge in [0.05, 0.1) is 13.1 Å². The Kier molecular flexibility index (Phi) is 8.70. The number of nitrogens with zero attached hydrogens (tertiary/aromatic N) is 2. The largest absolute Gasteiger partial charge is 0.481 e. The molecule has 0 spiro atoms. The molecule has 0 amide bonds. The molecule has 1 aliphatic heterocycles. The van der Waals surface area contributed by atoms with Crippen LogP contribution in [0.1, 0.15) is 39.5 Å². The van der Waals surface area contributed by atoms with Gasteiger partial charge >= 0.3 is 5.97 Å². The lowest BCUT2D eigenvalue weighted by Gasteiger charge is -2.17. The van der Waals surface area contributed by atoms with Crippen LogP contribution in [0.2, 0.25) is 0 Å². The molecule has 0 fully saturated rings. The van der Waals surface area contributed by atoms with Crippen molar-refractivity contribution in [3.63, 3.8) is 0 Å². The highest BCUT2D eigenvalue weighted by Gasteiger charge is 2.05. The van der Waals surface area contributed by atoms with Crippen molar-refractivity contribution < 1.29 is 14.7 Å². The highest BCUT2D eigenvalue weighted by atomic mass is 16.4. The molecule has 18 heavy (non-hydrogen) atoms. The molecule has 5 heteroatoms. The number of carboxylic acid groups (broad SMARTS) is 1. The fourth-order valence-corrected chi connectivity index (χ4v) is 1.38. The van der Waals surface area contributed by atoms with Gasteiger partial charge in [0.1, 0.15) is 5.78 Å². The number of hydrogen-bond acceptors (Lipinski definition) is 4. The number of hydrogen-bond donors (Lipinski definition) is 1. The Hall–Kier alpha value is -1.52. The molecule has 5 nitrogen and oxygen atoms in total. The van der Waals surface area contributed by atoms with Crippen LogP contribution >= 0.6 is 0 Å². The van der Waals surface area contributed by atoms with E-state index in [9.17, 15) is 9.59 Å². The number of Topliss-reactive ketones (excluding diaryl/α,β-unsaturated/α-hetero) is 1. The number of unbranched alkanes of at least 4 members (excludes halogenated alkanes) is 1. The summed E-state index contributed by atoms with van der Waals surface area (Å²) >= 11 is 0. The number of rotatable bonds is 6. The molecule has 1 heterocycles. The van der Waals surface area contributed by atoms with Crippen molar-refractivity contribution in [3.8, 4) is 0 Å². The van der Waals surface area contributed by atoms with E-state index in [0.717, 1.165) is 6.67 Å². The van der Waals surface area contributed by atoms with Crippen molar-refractivity contribution in [1.29, 1.82) is 0 Å². The van der Waals surface area contributed by atoms with Crippen LogP contribution in [0.25, 0.3) is 0 Å². The van der Waals surface area contributed by atoms with E-state index in [0.29, 0.717) is 0 Å². The van der Waals surface area contributed by atoms with Crippen LogP contribution in [0.4, 0.5) is 0 Å². The van der Waals surface area contributed by atoms with E-state index in [-0.39, 0.29) is 18.6 Å². The molecule has 0 radical (unpaired) electrons. The van der Waals surface area contributed by atoms with E-state index in [1.54, 1.807) is 0 Å². The quantitative estimate of drug-likeness (QED) is 0.786. The first-order valence-corrected chi connectivity index (χ1v) is 6.29. The molecule has 1 aliphatic rings. The third kappa shape index (κ3) is 9.69. The molecule has 0 bridgehead atoms. The first-order valence-electron chi connectivity index (χ1n) is 6.29. The Morgan fingerprint density at radius 1 is 1.28 bits per heavy atom. The zero-order valence-electron chi connectivity index (χ0n) is 11.6. The summed E-state index contributed by atoms with van der Waals surface area (Å²) in [7, 11) is 2.10. The van der Waals surface area contributed by atoms with Gasteiger partial charge in [-0.25, -0.2) is 0 Å². The summed E-state index contributed by atoms with van der Waals surface area (Å²) in [6.07, 6.45) is 6.97. The summed E-state index contributed by atoms with van der Waals surface area (Å²) < 4.78 is 0. The van der Waals surface area contributed by atoms with Gasteiger partial charge in [-0.1, -0.05) is 13.3 Å². The second-order valence-corrected chi connectivity index (χ2v) is 4.46. The SMILES string of the molecule is CC(=O)CCC(=O)O.CCCCN1C=CN(C)C1. The van der Waals surface area contributed by atoms with Crippen LogP contribution in [-0.2, 0) is 9.59 Å². The molecule has 104 valence electrons. The first-order chi connectivity index (χ1) is 8.45. The van der Waals surface area contributed by atoms with Gasteiger partial charge in [0.2, 0.25) is 0 Å². The summed E-state index contributed by atoms with van der Waals surface area (Å²) in [5.74, 6) is -0.993. The number of ketones is 1. The van der Waals surface area contributed by atoms with Crippen molar-refractivity contribution in [1.82, 2.24) is 9.80 Å². The number of carbonyl (C=O) groups excluding carboxylic acids is 1. The molecular formula is C13H24N2O3. The van der Waals surface area contributed by atoms with Gasteiger partial charge in [-0.05, 0) is 13.3 Å². The molecule has 0 saturated heterocycles. The molecule has 0 aromatic rings. The van der Waals surface area contributed by atoms with Gasteiger partial charge in [-0.3, -0.25) is 4.79 Å². The van der Waals surface area contributed by atoms with Crippen molar-refractivity contribution in [2.24, 2.45) is 0 Å². The third-order valence-corrected chi connectivity index (χ3v) is 2.43. The van der Waals surface area contributed by atoms with Crippen LogP contribution in [-0.4, -0.2) is 46.9 Å². The fourth-order valence-electron chi connectivity index (χ4n) is 1.38. The topological polar surface area (TPSA) is 60.9 Å². The van der Waals surface area contributed by atoms with E-state index in [1.807, 2.05) is 0 Å². The molecule has 0 aliphatic carbocycles. The van der Waals surface area contributed by atoms with Gasteiger partial charge in [0.25, 0.3) is 0 Å². The highest BCUT2D eigenvalue weighted by Crippen LogP contribution is 2.04. The lowest BCUT2D eigenvalue weighted by atomic mass is 10.2. The fraction of sp³-hybridized carbons (Fsp3) is 0.692. The normalized spacial score (nSPS) is 13.3. The molecule has 0 aromatic carbocycles. The van der Waals surface area contributed by atoms with Crippen molar-refractivity contribution in [2.75, 3.05) is 20.3 Å². The zero-order chi connectivity index (χ0) is 14.0. The summed E-state index contributed by atoms with van der Waals surface area (Å²) in [4.78, 5) is 24.4. The lowest BCUT2D eigenvalue weighted by Crippen LogP contribution is -2.23. The average molecular weight is 256 g/mol. The van der Waals surface area contributed by atoms with Crippen molar-refractivity contribution in [2.45, 2.75) is 39.5 Å². The Morgan fingerprint density at radius 3 is 2.28 bits per heavy atom. The second kappa shape index (κ2) is 9.50. The van der Waals surface area contributed by atoms with Crippen LogP contribution in [0, 0.1) is 0 Å². The molecule has 0 aromatic heterocycles. The maximum absolute atomic E-state index is 10.1. The van der Waals surface area contributed by atoms with Crippen molar-refractivity contribution >= 4 is 11.8 Å². The summed E-state index contributed by atoms with van der Waals surface area (Å²) in [6.45, 7) is 5.88. The number of carbonyl (C=O) groups is 2. The number of carboxylic acids is 1. The summed E-state index contributed by atoms with van der Waals surface area (Å²) in [5.41, 5.74) is 0. The van der Waals surface area contributed by atoms with E-state index >= 15 is 0 Å². The Balaban J connectivity index is 0.000000331. The van der Waals surface area contributed by atoms with Gasteiger partial charge in [-0.15, -0.1) is 0 Å². The Morgan fingerprint density at radius 2 is 1.94 bits per heavy atom. The molecule has 1 rings (SSSR count). The highest BCUT2D eigenvalue weighted by molar-refractivity contribution is 5.80. The minimum absolute atomic E-state index is 0.0463. The zero-order valence-corrected chi connectivity index (χ0v) is 11.6. The van der Waals surface area contributed by atoms with Crippen LogP contribution in [0.3, 0.4) is 0 Å². The predicted octanol–water partition coefficient (Wildman–Crippen LogP) is 1.90. The van der Waals surface area contributed by atoms with E-state index in [2.05, 4.69) is 36.2 Å². The van der Waals surface area contributed by atoms with Crippen LogP contribution in [0.5, 0.6) is 0 Å². The summed E-state index contributed by atoms with van der Waals surface area (Å²) in [5, 5.41) is 8.01. The molecule has 0 unspecified atom stereocenters. The van der Waals surface area contributed by atoms with E-state index < -0.39 is 5.97 Å². The summed E-state index contributed by atoms with van der Waals surface area (Å²) in [6, 6.07) is 0. The molecular weight excluding hydrogens is 232 g/mol. The third-order valence-electron chi connectivity index (χ3n) is 2.43. The minimum Gasteiger partial charge on any atom is -0.481 e. The number of aliphatic carboxylic acids is 1. The smallest absolute Gasteiger partial charge is 0.303 e. The Labute approximate surface area is 109 Å². The average Bonchev–Trinajstić information content (AvgIpc) is 2.70. The second-order valence-electron chi connectivity index (χ2n) is 4.46. The minimum atomic E-state index is -0.916. The predicted molar refractivity (Wildman–Crippen MR) is 70.9 cm³/mol. The van der Waals surface area contributed by atoms with Crippen LogP contribution in [0.15, 0.2) is 12.4 Å². The first kappa shape index (κ1) is 16.5. The van der Waals surface area contributed by atoms with Gasteiger partial charge in [-0.2, -0.15) is 0 Å². The standard InChI is InChI=1S/C8H16N2.C5H8O3/c1-3-4-5-10-7-6-9(2)8-10;1-4(6)2-3-5(7)8/h6-7H,3-5,8H2,1-2H3;2-3H2,1H3,(H,7,8). The molecule has 0 atom stereocenters. The maximum atomic E-state index is 10.1. The van der Waals surface area contributed by atoms with Crippen molar-refractivity contribution in [3.05, 3.63) is 12.4 Å². The molecule has 1 N–H and O–H groups in total. The molecule has 0 saturated carbocycles. The van der Waals surface area contributed by atoms with Gasteiger partial charge in [0.15, 0.2) is 0 Å². The Bertz CT molecular complexity index is 276. The van der Waals surface area contributed by atoms with E-state index in [4.69, 9.17) is 5.11 Å². The monoisotopic (exact) mass is 256 g/mol. The van der Waals surface area contributed by atoms with Crippen LogP contribution < -0.4 is 0 Å². The van der Waals surface area contributed by atoms with Gasteiger partial charge in [0, 0.05) is 32.4 Å². The van der Waals surface area contributed by atoms with E-state index in [1.165, 1.54) is 26.3 Å². The van der Waals surface area contributed by atoms with Gasteiger partial charge < -0.3 is 19.7 Å². The maximum Gasteiger partial charge on any atom is 0.303 e. The lowest BCUT2D eigenvalue weighted by molar-refractivity contribution is -0.138.